The van der Waals surface area contributed by atoms with Crippen molar-refractivity contribution in [3.8, 4) is 33.6 Å². The molecule has 0 saturated heterocycles. The average molecular weight is 875 g/mol. The van der Waals surface area contributed by atoms with Gasteiger partial charge in [0.15, 0.2) is 0 Å². The van der Waals surface area contributed by atoms with Gasteiger partial charge in [0, 0.05) is 37.9 Å². The van der Waals surface area contributed by atoms with E-state index in [-0.39, 0.29) is 20.1 Å². The number of benzene rings is 4. The van der Waals surface area contributed by atoms with Crippen molar-refractivity contribution in [2.45, 2.75) is 65.1 Å². The maximum absolute atomic E-state index is 6.46. The standard InChI is InChI=1S/C32H28NO.C15H18NSi.Ir/c1-2-5-23(6-3-1)25-13-14-27-28-7-4-8-29(32(28)34-31(27)20-25)30-19-22(15-16-33-30)18-26-17-21-9-11-24(26)12-10-21;1-12-10-14(13-8-6-5-7-9-13)16-11-15(12)17(2,3)4;/h1-7,13-16,19-21,24,26H,9-12,17-18H2;5-8,10-11H,1-4H3;/q2*-1;. The van der Waals surface area contributed by atoms with E-state index in [9.17, 15) is 0 Å². The van der Waals surface area contributed by atoms with Gasteiger partial charge in [-0.1, -0.05) is 109 Å². The molecule has 5 heteroatoms. The fourth-order valence-electron chi connectivity index (χ4n) is 8.59. The molecule has 3 nitrogen and oxygen atoms in total. The van der Waals surface area contributed by atoms with Gasteiger partial charge >= 0.3 is 0 Å². The van der Waals surface area contributed by atoms with E-state index in [1.54, 1.807) is 0 Å². The summed E-state index contributed by atoms with van der Waals surface area (Å²) in [4.78, 5) is 9.32. The Morgan fingerprint density at radius 2 is 1.56 bits per heavy atom. The summed E-state index contributed by atoms with van der Waals surface area (Å²) < 4.78 is 6.46. The van der Waals surface area contributed by atoms with Crippen molar-refractivity contribution in [3.63, 3.8) is 0 Å². The zero-order chi connectivity index (χ0) is 35.0. The molecule has 4 aromatic carbocycles. The van der Waals surface area contributed by atoms with Crippen molar-refractivity contribution >= 4 is 35.2 Å². The first kappa shape index (κ1) is 36.2. The van der Waals surface area contributed by atoms with Crippen molar-refractivity contribution in [1.29, 1.82) is 0 Å². The maximum atomic E-state index is 6.46. The Balaban J connectivity index is 0.000000198. The Morgan fingerprint density at radius 1 is 0.750 bits per heavy atom. The molecule has 2 bridgehead atoms. The molecule has 3 aromatic heterocycles. The second-order valence-electron chi connectivity index (χ2n) is 15.7. The van der Waals surface area contributed by atoms with Gasteiger partial charge in [-0.25, -0.2) is 0 Å². The molecule has 265 valence electrons. The van der Waals surface area contributed by atoms with Gasteiger partial charge in [-0.2, -0.15) is 0 Å². The van der Waals surface area contributed by atoms with E-state index in [1.165, 1.54) is 66.0 Å². The Morgan fingerprint density at radius 3 is 2.27 bits per heavy atom. The van der Waals surface area contributed by atoms with Gasteiger partial charge in [0.1, 0.15) is 5.58 Å². The fraction of sp³-hybridized carbons (Fsp3) is 0.277. The van der Waals surface area contributed by atoms with E-state index >= 15 is 0 Å². The van der Waals surface area contributed by atoms with Crippen molar-refractivity contribution in [2.24, 2.45) is 17.8 Å². The van der Waals surface area contributed by atoms with Gasteiger partial charge < -0.3 is 14.4 Å². The first-order valence-corrected chi connectivity index (χ1v) is 22.1. The third kappa shape index (κ3) is 7.64. The van der Waals surface area contributed by atoms with Gasteiger partial charge in [-0.05, 0) is 90.2 Å². The number of aromatic nitrogens is 2. The first-order valence-electron chi connectivity index (χ1n) is 18.6. The molecule has 0 N–H and O–H groups in total. The SMILES string of the molecule is Cc1cc(-c2[c-]cccc2)ncc1[Si](C)(C)C.[Ir].[c-]1ccc2c(oc3cc(-c4ccccc4)ccc32)c1-c1cc(CC2CC3CCC2CC3)ccn1. The molecular weight excluding hydrogens is 829 g/mol. The Bertz CT molecular complexity index is 2280. The molecule has 3 heterocycles. The smallest absolute Gasteiger partial charge is 0.121 e. The van der Waals surface area contributed by atoms with E-state index in [0.717, 1.165) is 62.2 Å². The van der Waals surface area contributed by atoms with Gasteiger partial charge in [0.25, 0.3) is 0 Å². The van der Waals surface area contributed by atoms with Crippen molar-refractivity contribution in [2.75, 3.05) is 0 Å². The van der Waals surface area contributed by atoms with E-state index in [1.807, 2.05) is 36.5 Å². The van der Waals surface area contributed by atoms with Gasteiger partial charge in [0.05, 0.1) is 13.7 Å². The third-order valence-electron chi connectivity index (χ3n) is 11.2. The van der Waals surface area contributed by atoms with Gasteiger partial charge in [0.2, 0.25) is 0 Å². The van der Waals surface area contributed by atoms with Crippen LogP contribution in [-0.2, 0) is 26.5 Å². The van der Waals surface area contributed by atoms with Crippen molar-refractivity contribution in [1.82, 2.24) is 9.97 Å². The van der Waals surface area contributed by atoms with Crippen LogP contribution in [0.5, 0.6) is 0 Å². The summed E-state index contributed by atoms with van der Waals surface area (Å²) in [6, 6.07) is 42.4. The third-order valence-corrected chi connectivity index (χ3v) is 13.4. The molecule has 3 aliphatic rings. The monoisotopic (exact) mass is 875 g/mol. The van der Waals surface area contributed by atoms with E-state index in [4.69, 9.17) is 9.40 Å². The molecule has 7 aromatic rings. The summed E-state index contributed by atoms with van der Waals surface area (Å²) in [7, 11) is -1.27. The number of rotatable bonds is 6. The minimum Gasteiger partial charge on any atom is -0.501 e. The molecule has 3 fully saturated rings. The topological polar surface area (TPSA) is 38.9 Å². The normalized spacial score (nSPS) is 18.1. The van der Waals surface area contributed by atoms with Crippen LogP contribution in [0.2, 0.25) is 19.6 Å². The van der Waals surface area contributed by atoms with Crippen LogP contribution >= 0.6 is 0 Å². The number of aryl methyl sites for hydroxylation is 1. The number of pyridine rings is 2. The second-order valence-corrected chi connectivity index (χ2v) is 20.8. The zero-order valence-electron chi connectivity index (χ0n) is 30.6. The minimum atomic E-state index is -1.27. The van der Waals surface area contributed by atoms with Crippen LogP contribution in [0.3, 0.4) is 0 Å². The first-order chi connectivity index (χ1) is 24.8. The average Bonchev–Trinajstić information content (AvgIpc) is 3.54. The second kappa shape index (κ2) is 15.4. The van der Waals surface area contributed by atoms with Crippen molar-refractivity contribution in [3.05, 3.63) is 139 Å². The Hall–Kier alpha value is -4.15. The molecule has 0 aliphatic heterocycles. The summed E-state index contributed by atoms with van der Waals surface area (Å²) in [5, 5.41) is 3.71. The summed E-state index contributed by atoms with van der Waals surface area (Å²) in [6.07, 6.45) is 12.4. The van der Waals surface area contributed by atoms with E-state index in [0.29, 0.717) is 0 Å². The summed E-state index contributed by atoms with van der Waals surface area (Å²) in [5.74, 6) is 2.73. The van der Waals surface area contributed by atoms with Crippen LogP contribution in [-0.4, -0.2) is 18.0 Å². The molecule has 0 spiro atoms. The largest absolute Gasteiger partial charge is 0.501 e. The van der Waals surface area contributed by atoms with Crippen LogP contribution < -0.4 is 5.19 Å². The molecule has 3 saturated carbocycles. The van der Waals surface area contributed by atoms with Crippen LogP contribution in [0.25, 0.3) is 55.6 Å². The molecule has 1 atom stereocenters. The molecule has 1 radical (unpaired) electrons. The molecule has 10 rings (SSSR count). The van der Waals surface area contributed by atoms with Crippen LogP contribution in [0.1, 0.15) is 43.2 Å². The van der Waals surface area contributed by atoms with Crippen LogP contribution in [0.15, 0.2) is 120 Å². The zero-order valence-corrected chi connectivity index (χ0v) is 34.0. The number of fused-ring (bicyclic) bond motifs is 6. The van der Waals surface area contributed by atoms with Crippen molar-refractivity contribution < 1.29 is 24.5 Å². The van der Waals surface area contributed by atoms with Gasteiger partial charge in [-0.15, -0.1) is 54.1 Å². The molecule has 52 heavy (non-hydrogen) atoms. The number of nitrogens with zero attached hydrogens (tertiary/aromatic N) is 2. The quantitative estimate of drug-likeness (QED) is 0.123. The molecule has 0 amide bonds. The minimum absolute atomic E-state index is 0. The number of hydrogen-bond donors (Lipinski definition) is 0. The maximum Gasteiger partial charge on any atom is 0.121 e. The van der Waals surface area contributed by atoms with Crippen LogP contribution in [0, 0.1) is 36.8 Å². The molecule has 1 unspecified atom stereocenters. The number of hydrogen-bond acceptors (Lipinski definition) is 3. The predicted octanol–water partition coefficient (Wildman–Crippen LogP) is 11.9. The van der Waals surface area contributed by atoms with E-state index in [2.05, 4.69) is 123 Å². The predicted molar refractivity (Wildman–Crippen MR) is 215 cm³/mol. The Kier molecular flexibility index (Phi) is 10.8. The fourth-order valence-corrected chi connectivity index (χ4v) is 10.3. The summed E-state index contributed by atoms with van der Waals surface area (Å²) in [5.41, 5.74) is 10.9. The molecular formula is C47H46IrN2OSi-2. The Labute approximate surface area is 323 Å². The summed E-state index contributed by atoms with van der Waals surface area (Å²) in [6.45, 7) is 9.24. The van der Waals surface area contributed by atoms with Gasteiger partial charge in [-0.3, -0.25) is 0 Å². The summed E-state index contributed by atoms with van der Waals surface area (Å²) >= 11 is 0. The molecule has 3 aliphatic carbocycles. The number of furan rings is 1. The van der Waals surface area contributed by atoms with Crippen LogP contribution in [0.4, 0.5) is 0 Å². The van der Waals surface area contributed by atoms with E-state index < -0.39 is 8.07 Å².